The Morgan fingerprint density at radius 2 is 2.04 bits per heavy atom. The van der Waals surface area contributed by atoms with E-state index in [-0.39, 0.29) is 18.2 Å². The molecule has 7 heteroatoms. The minimum absolute atomic E-state index is 0.218. The van der Waals surface area contributed by atoms with Gasteiger partial charge in [-0.25, -0.2) is 0 Å². The minimum Gasteiger partial charge on any atom is -0.488 e. The van der Waals surface area contributed by atoms with Gasteiger partial charge in [0.2, 0.25) is 0 Å². The Morgan fingerprint density at radius 3 is 2.74 bits per heavy atom. The molecule has 142 valence electrons. The van der Waals surface area contributed by atoms with Crippen LogP contribution in [0.5, 0.6) is 5.75 Å². The largest absolute Gasteiger partial charge is 0.488 e. The third-order valence-corrected chi connectivity index (χ3v) is 4.61. The smallest absolute Gasteiger partial charge is 0.274 e. The molecule has 2 aromatic heterocycles. The molecule has 0 unspecified atom stereocenters. The zero-order valence-corrected chi connectivity index (χ0v) is 16.1. The van der Waals surface area contributed by atoms with Crippen LogP contribution in [-0.4, -0.2) is 20.8 Å². The molecule has 1 aromatic carbocycles. The number of amides is 1. The topological polar surface area (TPSA) is 82.2 Å². The third kappa shape index (κ3) is 4.02. The van der Waals surface area contributed by atoms with Crippen LogP contribution in [0.4, 0.5) is 0 Å². The van der Waals surface area contributed by atoms with E-state index in [1.54, 1.807) is 13.1 Å². The van der Waals surface area contributed by atoms with Gasteiger partial charge in [0, 0.05) is 24.3 Å². The van der Waals surface area contributed by atoms with E-state index in [4.69, 9.17) is 9.26 Å². The lowest BCUT2D eigenvalue weighted by Crippen LogP contribution is -2.25. The summed E-state index contributed by atoms with van der Waals surface area (Å²) in [7, 11) is 0. The average Bonchev–Trinajstić information content (AvgIpc) is 3.21. The summed E-state index contributed by atoms with van der Waals surface area (Å²) in [6, 6.07) is 7.73. The first kappa shape index (κ1) is 18.7. The molecular weight excluding hydrogens is 344 g/mol. The molecule has 0 radical (unpaired) electrons. The Kier molecular flexibility index (Phi) is 5.59. The summed E-state index contributed by atoms with van der Waals surface area (Å²) in [6.45, 7) is 9.16. The van der Waals surface area contributed by atoms with Gasteiger partial charge >= 0.3 is 0 Å². The quantitative estimate of drug-likeness (QED) is 0.692. The maximum atomic E-state index is 12.6. The van der Waals surface area contributed by atoms with E-state index < -0.39 is 0 Å². The molecule has 0 aliphatic heterocycles. The van der Waals surface area contributed by atoms with Crippen LogP contribution in [0, 0.1) is 20.8 Å². The lowest BCUT2D eigenvalue weighted by atomic mass is 10.2. The van der Waals surface area contributed by atoms with Gasteiger partial charge in [0.25, 0.3) is 5.91 Å². The van der Waals surface area contributed by atoms with Crippen LogP contribution in [0.15, 0.2) is 35.0 Å². The third-order valence-electron chi connectivity index (χ3n) is 4.61. The van der Waals surface area contributed by atoms with E-state index in [0.717, 1.165) is 29.1 Å². The Morgan fingerprint density at radius 1 is 1.26 bits per heavy atom. The number of carbonyl (C=O) groups excluding carboxylic acids is 1. The van der Waals surface area contributed by atoms with Gasteiger partial charge in [-0.15, -0.1) is 0 Å². The maximum absolute atomic E-state index is 12.6. The predicted octanol–water partition coefficient (Wildman–Crippen LogP) is 3.33. The molecule has 0 bridgehead atoms. The Hall–Kier alpha value is -3.09. The Bertz CT molecular complexity index is 943. The van der Waals surface area contributed by atoms with Gasteiger partial charge < -0.3 is 14.6 Å². The SMILES string of the molecule is CCn1ncc(CNC(=O)c2noc(C)c2COc2ccccc2C)c1C. The molecule has 0 aliphatic carbocycles. The molecule has 0 atom stereocenters. The van der Waals surface area contributed by atoms with Gasteiger partial charge in [-0.2, -0.15) is 5.10 Å². The second-order valence-corrected chi connectivity index (χ2v) is 6.37. The number of rotatable bonds is 7. The van der Waals surface area contributed by atoms with Crippen LogP contribution >= 0.6 is 0 Å². The summed E-state index contributed by atoms with van der Waals surface area (Å²) >= 11 is 0. The summed E-state index contributed by atoms with van der Waals surface area (Å²) in [5.41, 5.74) is 3.94. The molecule has 0 saturated heterocycles. The molecule has 27 heavy (non-hydrogen) atoms. The second kappa shape index (κ2) is 8.07. The number of hydrogen-bond donors (Lipinski definition) is 1. The van der Waals surface area contributed by atoms with Crippen LogP contribution in [0.3, 0.4) is 0 Å². The van der Waals surface area contributed by atoms with Crippen LogP contribution in [0.1, 0.15) is 45.6 Å². The van der Waals surface area contributed by atoms with E-state index in [9.17, 15) is 4.79 Å². The summed E-state index contributed by atoms with van der Waals surface area (Å²) in [6.07, 6.45) is 1.77. The highest BCUT2D eigenvalue weighted by Gasteiger charge is 2.21. The first-order valence-electron chi connectivity index (χ1n) is 8.94. The average molecular weight is 368 g/mol. The predicted molar refractivity (Wildman–Crippen MR) is 101 cm³/mol. The highest BCUT2D eigenvalue weighted by atomic mass is 16.5. The first-order valence-corrected chi connectivity index (χ1v) is 8.94. The van der Waals surface area contributed by atoms with Crippen molar-refractivity contribution in [3.05, 3.63) is 64.3 Å². The molecule has 3 rings (SSSR count). The van der Waals surface area contributed by atoms with E-state index in [0.29, 0.717) is 17.9 Å². The fraction of sp³-hybridized carbons (Fsp3) is 0.350. The molecule has 2 heterocycles. The van der Waals surface area contributed by atoms with Crippen molar-refractivity contribution < 1.29 is 14.1 Å². The fourth-order valence-corrected chi connectivity index (χ4v) is 2.84. The molecule has 0 aliphatic rings. The maximum Gasteiger partial charge on any atom is 0.274 e. The van der Waals surface area contributed by atoms with Gasteiger partial charge in [0.05, 0.1) is 11.8 Å². The number of aryl methyl sites for hydroxylation is 3. The molecule has 0 fully saturated rings. The number of benzene rings is 1. The number of hydrogen-bond acceptors (Lipinski definition) is 5. The molecule has 0 saturated carbocycles. The molecule has 1 amide bonds. The second-order valence-electron chi connectivity index (χ2n) is 6.37. The van der Waals surface area contributed by atoms with Crippen molar-refractivity contribution in [2.45, 2.75) is 47.4 Å². The Balaban J connectivity index is 1.68. The Labute approximate surface area is 158 Å². The van der Waals surface area contributed by atoms with Gasteiger partial charge in [-0.05, 0) is 39.3 Å². The minimum atomic E-state index is -0.293. The summed E-state index contributed by atoms with van der Waals surface area (Å²) in [5, 5.41) is 11.1. The van der Waals surface area contributed by atoms with Crippen molar-refractivity contribution in [1.82, 2.24) is 20.3 Å². The number of aromatic nitrogens is 3. The normalized spacial score (nSPS) is 10.8. The molecule has 0 spiro atoms. The summed E-state index contributed by atoms with van der Waals surface area (Å²) in [4.78, 5) is 12.6. The number of nitrogens with zero attached hydrogens (tertiary/aromatic N) is 3. The van der Waals surface area contributed by atoms with Crippen LogP contribution in [0.25, 0.3) is 0 Å². The van der Waals surface area contributed by atoms with Crippen LogP contribution in [0.2, 0.25) is 0 Å². The van der Waals surface area contributed by atoms with Crippen molar-refractivity contribution >= 4 is 5.91 Å². The first-order chi connectivity index (χ1) is 13.0. The molecule has 7 nitrogen and oxygen atoms in total. The molecule has 1 N–H and O–H groups in total. The molecule has 3 aromatic rings. The zero-order valence-electron chi connectivity index (χ0n) is 16.1. The zero-order chi connectivity index (χ0) is 19.4. The monoisotopic (exact) mass is 368 g/mol. The van der Waals surface area contributed by atoms with Crippen molar-refractivity contribution in [3.8, 4) is 5.75 Å². The van der Waals surface area contributed by atoms with Crippen molar-refractivity contribution in [3.63, 3.8) is 0 Å². The van der Waals surface area contributed by atoms with Gasteiger partial charge in [-0.3, -0.25) is 9.48 Å². The van der Waals surface area contributed by atoms with Crippen molar-refractivity contribution in [2.24, 2.45) is 0 Å². The number of nitrogens with one attached hydrogen (secondary N) is 1. The highest BCUT2D eigenvalue weighted by molar-refractivity contribution is 5.93. The fourth-order valence-electron chi connectivity index (χ4n) is 2.84. The van der Waals surface area contributed by atoms with Crippen LogP contribution in [-0.2, 0) is 19.7 Å². The number of carbonyl (C=O) groups is 1. The van der Waals surface area contributed by atoms with Crippen molar-refractivity contribution in [1.29, 1.82) is 0 Å². The van der Waals surface area contributed by atoms with Crippen LogP contribution < -0.4 is 10.1 Å². The standard InChI is InChI=1S/C20H24N4O3/c1-5-24-14(3)16(11-22-24)10-21-20(25)19-17(15(4)27-23-19)12-26-18-9-7-6-8-13(18)2/h6-9,11H,5,10,12H2,1-4H3,(H,21,25). The van der Waals surface area contributed by atoms with E-state index in [1.165, 1.54) is 0 Å². The van der Waals surface area contributed by atoms with E-state index in [2.05, 4.69) is 15.6 Å². The summed E-state index contributed by atoms with van der Waals surface area (Å²) < 4.78 is 13.0. The van der Waals surface area contributed by atoms with Gasteiger partial charge in [-0.1, -0.05) is 23.4 Å². The lowest BCUT2D eigenvalue weighted by Gasteiger charge is -2.09. The van der Waals surface area contributed by atoms with E-state index in [1.807, 2.05) is 49.7 Å². The number of para-hydroxylation sites is 1. The number of ether oxygens (including phenoxy) is 1. The lowest BCUT2D eigenvalue weighted by molar-refractivity contribution is 0.0939. The van der Waals surface area contributed by atoms with Gasteiger partial charge in [0.15, 0.2) is 5.69 Å². The van der Waals surface area contributed by atoms with E-state index >= 15 is 0 Å². The molecular formula is C20H24N4O3. The summed E-state index contributed by atoms with van der Waals surface area (Å²) in [5.74, 6) is 1.05. The van der Waals surface area contributed by atoms with Crippen molar-refractivity contribution in [2.75, 3.05) is 0 Å². The highest BCUT2D eigenvalue weighted by Crippen LogP contribution is 2.21. The van der Waals surface area contributed by atoms with Gasteiger partial charge in [0.1, 0.15) is 18.1 Å².